The minimum Gasteiger partial charge on any atom is -0.479 e. The smallest absolute Gasteiger partial charge is 0.330 e. The molecule has 0 heterocycles. The lowest BCUT2D eigenvalue weighted by molar-refractivity contribution is -0.141. The van der Waals surface area contributed by atoms with Crippen LogP contribution in [0, 0.1) is 13.8 Å². The van der Waals surface area contributed by atoms with Crippen LogP contribution < -0.4 is 5.32 Å². The lowest BCUT2D eigenvalue weighted by Gasteiger charge is -2.20. The predicted octanol–water partition coefficient (Wildman–Crippen LogP) is 1.76. The average Bonchev–Trinajstić information content (AvgIpc) is 2.37. The molecule has 0 spiro atoms. The lowest BCUT2D eigenvalue weighted by atomic mass is 10.0. The second-order valence-electron chi connectivity index (χ2n) is 6.55. The molecular weight excluding hydrogens is 318 g/mol. The van der Waals surface area contributed by atoms with E-state index in [0.717, 1.165) is 11.1 Å². The Hall–Kier alpha value is -1.89. The van der Waals surface area contributed by atoms with E-state index in [1.807, 2.05) is 13.8 Å². The summed E-state index contributed by atoms with van der Waals surface area (Å²) in [6, 6.07) is 3.77. The number of carboxylic acid groups (broad SMARTS) is 1. The van der Waals surface area contributed by atoms with E-state index < -0.39 is 38.3 Å². The van der Waals surface area contributed by atoms with Gasteiger partial charge in [-0.15, -0.1) is 0 Å². The Balaban J connectivity index is 2.99. The summed E-state index contributed by atoms with van der Waals surface area (Å²) in [5, 5.41) is 11.6. The van der Waals surface area contributed by atoms with Gasteiger partial charge in [-0.25, -0.2) is 13.2 Å². The molecule has 1 atom stereocenters. The number of aryl methyl sites for hydroxylation is 2. The van der Waals surface area contributed by atoms with Crippen LogP contribution in [0.3, 0.4) is 0 Å². The van der Waals surface area contributed by atoms with Crippen LogP contribution in [0.2, 0.25) is 0 Å². The van der Waals surface area contributed by atoms with E-state index in [1.165, 1.54) is 20.8 Å². The van der Waals surface area contributed by atoms with Crippen LogP contribution in [0.4, 0.5) is 0 Å². The van der Waals surface area contributed by atoms with E-state index in [4.69, 9.17) is 0 Å². The van der Waals surface area contributed by atoms with Crippen LogP contribution in [-0.4, -0.2) is 35.9 Å². The molecule has 0 bridgehead atoms. The molecule has 0 saturated carbocycles. The SMILES string of the molecule is Cc1ccc(C(NC(=O)CS(=O)(=O)C(C)(C)C)C(=O)O)cc1C. The summed E-state index contributed by atoms with van der Waals surface area (Å²) in [4.78, 5) is 23.4. The topological polar surface area (TPSA) is 101 Å². The molecule has 1 rings (SSSR count). The Kier molecular flexibility index (Phi) is 5.58. The molecule has 2 N–H and O–H groups in total. The second kappa shape index (κ2) is 6.70. The first-order valence-electron chi connectivity index (χ1n) is 7.17. The van der Waals surface area contributed by atoms with Gasteiger partial charge in [-0.3, -0.25) is 4.79 Å². The fourth-order valence-corrected chi connectivity index (χ4v) is 2.69. The van der Waals surface area contributed by atoms with Crippen molar-refractivity contribution in [3.8, 4) is 0 Å². The molecule has 6 nitrogen and oxygen atoms in total. The molecule has 0 fully saturated rings. The van der Waals surface area contributed by atoms with E-state index in [1.54, 1.807) is 18.2 Å². The monoisotopic (exact) mass is 341 g/mol. The van der Waals surface area contributed by atoms with Gasteiger partial charge >= 0.3 is 5.97 Å². The highest BCUT2D eigenvalue weighted by Crippen LogP contribution is 2.19. The third kappa shape index (κ3) is 4.79. The van der Waals surface area contributed by atoms with Crippen LogP contribution in [0.1, 0.15) is 43.5 Å². The standard InChI is InChI=1S/C16H23NO5S/c1-10-6-7-12(8-11(10)2)14(15(19)20)17-13(18)9-23(21,22)16(3,4)5/h6-8,14H,9H2,1-5H3,(H,17,18)(H,19,20). The summed E-state index contributed by atoms with van der Waals surface area (Å²) in [7, 11) is -3.67. The quantitative estimate of drug-likeness (QED) is 0.850. The van der Waals surface area contributed by atoms with Gasteiger partial charge in [0.2, 0.25) is 5.91 Å². The first-order valence-corrected chi connectivity index (χ1v) is 8.82. The summed E-state index contributed by atoms with van der Waals surface area (Å²) in [6.07, 6.45) is 0. The summed E-state index contributed by atoms with van der Waals surface area (Å²) < 4.78 is 23.0. The molecule has 23 heavy (non-hydrogen) atoms. The molecular formula is C16H23NO5S. The molecule has 0 aliphatic carbocycles. The van der Waals surface area contributed by atoms with Gasteiger partial charge < -0.3 is 10.4 Å². The van der Waals surface area contributed by atoms with Crippen molar-refractivity contribution < 1.29 is 23.1 Å². The van der Waals surface area contributed by atoms with Crippen LogP contribution in [-0.2, 0) is 19.4 Å². The zero-order valence-corrected chi connectivity index (χ0v) is 14.8. The van der Waals surface area contributed by atoms with Crippen LogP contribution in [0.25, 0.3) is 0 Å². The molecule has 0 saturated heterocycles. The summed E-state index contributed by atoms with van der Waals surface area (Å²) in [6.45, 7) is 8.21. The summed E-state index contributed by atoms with van der Waals surface area (Å²) >= 11 is 0. The highest BCUT2D eigenvalue weighted by Gasteiger charge is 2.33. The van der Waals surface area contributed by atoms with E-state index >= 15 is 0 Å². The van der Waals surface area contributed by atoms with Crippen molar-refractivity contribution in [2.75, 3.05) is 5.75 Å². The molecule has 7 heteroatoms. The normalized spacial score (nSPS) is 13.4. The summed E-state index contributed by atoms with van der Waals surface area (Å²) in [5.74, 6) is -2.81. The fourth-order valence-electron chi connectivity index (χ4n) is 1.82. The Morgan fingerprint density at radius 1 is 1.17 bits per heavy atom. The maximum atomic E-state index is 12.0. The number of amides is 1. The molecule has 1 amide bonds. The Bertz CT molecular complexity index is 716. The Labute approximate surface area is 136 Å². The number of nitrogens with one attached hydrogen (secondary N) is 1. The number of rotatable bonds is 5. The molecule has 0 aromatic heterocycles. The number of aliphatic carboxylic acids is 1. The number of hydrogen-bond donors (Lipinski definition) is 2. The zero-order valence-electron chi connectivity index (χ0n) is 14.0. The van der Waals surface area contributed by atoms with Crippen LogP contribution in [0.5, 0.6) is 0 Å². The highest BCUT2D eigenvalue weighted by atomic mass is 32.2. The minimum absolute atomic E-state index is 0.405. The van der Waals surface area contributed by atoms with Gasteiger partial charge in [-0.2, -0.15) is 0 Å². The average molecular weight is 341 g/mol. The molecule has 0 aliphatic heterocycles. The van der Waals surface area contributed by atoms with Crippen molar-refractivity contribution >= 4 is 21.7 Å². The predicted molar refractivity (Wildman–Crippen MR) is 88.0 cm³/mol. The number of sulfone groups is 1. The number of carbonyl (C=O) groups is 2. The number of carboxylic acids is 1. The lowest BCUT2D eigenvalue weighted by Crippen LogP contribution is -2.41. The number of hydrogen-bond acceptors (Lipinski definition) is 4. The first kappa shape index (κ1) is 19.2. The Morgan fingerprint density at radius 2 is 1.74 bits per heavy atom. The van der Waals surface area contributed by atoms with Crippen LogP contribution >= 0.6 is 0 Å². The third-order valence-corrected chi connectivity index (χ3v) is 6.18. The van der Waals surface area contributed by atoms with E-state index in [0.29, 0.717) is 5.56 Å². The van der Waals surface area contributed by atoms with E-state index in [-0.39, 0.29) is 0 Å². The van der Waals surface area contributed by atoms with Crippen molar-refractivity contribution in [3.63, 3.8) is 0 Å². The van der Waals surface area contributed by atoms with Gasteiger partial charge in [-0.05, 0) is 51.3 Å². The van der Waals surface area contributed by atoms with Crippen molar-refractivity contribution in [2.45, 2.75) is 45.4 Å². The minimum atomic E-state index is -3.67. The van der Waals surface area contributed by atoms with Gasteiger partial charge in [0.25, 0.3) is 0 Å². The van der Waals surface area contributed by atoms with Crippen molar-refractivity contribution in [1.29, 1.82) is 0 Å². The van der Waals surface area contributed by atoms with Gasteiger partial charge in [0, 0.05) is 0 Å². The van der Waals surface area contributed by atoms with Crippen molar-refractivity contribution in [3.05, 3.63) is 34.9 Å². The molecule has 0 radical (unpaired) electrons. The third-order valence-electron chi connectivity index (χ3n) is 3.67. The highest BCUT2D eigenvalue weighted by molar-refractivity contribution is 7.93. The number of carbonyl (C=O) groups excluding carboxylic acids is 1. The van der Waals surface area contributed by atoms with Gasteiger partial charge in [-0.1, -0.05) is 18.2 Å². The van der Waals surface area contributed by atoms with Gasteiger partial charge in [0.05, 0.1) is 4.75 Å². The van der Waals surface area contributed by atoms with E-state index in [9.17, 15) is 23.1 Å². The van der Waals surface area contributed by atoms with Gasteiger partial charge in [0.1, 0.15) is 5.75 Å². The Morgan fingerprint density at radius 3 is 2.17 bits per heavy atom. The molecule has 1 aromatic carbocycles. The zero-order chi connectivity index (χ0) is 18.0. The molecule has 1 unspecified atom stereocenters. The van der Waals surface area contributed by atoms with Crippen LogP contribution in [0.15, 0.2) is 18.2 Å². The van der Waals surface area contributed by atoms with Crippen molar-refractivity contribution in [1.82, 2.24) is 5.32 Å². The first-order chi connectivity index (χ1) is 10.3. The fraction of sp³-hybridized carbons (Fsp3) is 0.500. The maximum absolute atomic E-state index is 12.0. The molecule has 0 aliphatic rings. The molecule has 128 valence electrons. The van der Waals surface area contributed by atoms with E-state index in [2.05, 4.69) is 5.32 Å². The molecule has 1 aromatic rings. The van der Waals surface area contributed by atoms with Gasteiger partial charge in [0.15, 0.2) is 15.9 Å². The summed E-state index contributed by atoms with van der Waals surface area (Å²) in [5.41, 5.74) is 2.30. The number of benzene rings is 1. The second-order valence-corrected chi connectivity index (χ2v) is 9.30. The largest absolute Gasteiger partial charge is 0.479 e. The van der Waals surface area contributed by atoms with Crippen molar-refractivity contribution in [2.24, 2.45) is 0 Å². The maximum Gasteiger partial charge on any atom is 0.330 e.